The quantitative estimate of drug-likeness (QED) is 0.462. The number of amides is 1. The number of nitro groups is 1. The van der Waals surface area contributed by atoms with Crippen molar-refractivity contribution in [1.29, 1.82) is 0 Å². The number of nitrogens with zero attached hydrogens (tertiary/aromatic N) is 4. The fourth-order valence-corrected chi connectivity index (χ4v) is 4.04. The number of aromatic amines is 1. The van der Waals surface area contributed by atoms with Crippen LogP contribution in [-0.4, -0.2) is 51.7 Å². The largest absolute Gasteiger partial charge is 0.362 e. The highest BCUT2D eigenvalue weighted by Crippen LogP contribution is 2.31. The van der Waals surface area contributed by atoms with E-state index in [1.54, 1.807) is 41.3 Å². The smallest absolute Gasteiger partial charge is 0.294 e. The molecule has 166 valence electrons. The molecule has 0 atom stereocenters. The first kappa shape index (κ1) is 21.6. The molecule has 4 rings (SSSR count). The monoisotopic (exact) mass is 457 g/mol. The van der Waals surface area contributed by atoms with Crippen LogP contribution in [0.4, 0.5) is 11.4 Å². The Labute approximate surface area is 186 Å². The van der Waals surface area contributed by atoms with Gasteiger partial charge in [0.05, 0.1) is 22.2 Å². The molecule has 0 radical (unpaired) electrons. The summed E-state index contributed by atoms with van der Waals surface area (Å²) in [6.07, 6.45) is 0.0509. The Morgan fingerprint density at radius 2 is 1.75 bits per heavy atom. The zero-order valence-electron chi connectivity index (χ0n) is 17.0. The topological polar surface area (TPSA) is 122 Å². The lowest BCUT2D eigenvalue weighted by atomic mass is 10.2. The van der Waals surface area contributed by atoms with Crippen molar-refractivity contribution in [3.63, 3.8) is 0 Å². The fourth-order valence-electron chi connectivity index (χ4n) is 3.88. The Kier molecular flexibility index (Phi) is 5.95. The van der Waals surface area contributed by atoms with E-state index in [0.717, 1.165) is 4.68 Å². The number of H-pyrrole nitrogens is 1. The van der Waals surface area contributed by atoms with E-state index in [1.807, 2.05) is 4.90 Å². The number of carbonyl (C=O) groups is 1. The summed E-state index contributed by atoms with van der Waals surface area (Å²) in [6.45, 7) is 1.70. The molecule has 0 bridgehead atoms. The number of nitrogens with one attached hydrogen (secondary N) is 1. The van der Waals surface area contributed by atoms with E-state index in [0.29, 0.717) is 42.6 Å². The second kappa shape index (κ2) is 8.83. The van der Waals surface area contributed by atoms with Crippen LogP contribution in [0.2, 0.25) is 5.02 Å². The number of anilines is 1. The van der Waals surface area contributed by atoms with Gasteiger partial charge in [0.15, 0.2) is 0 Å². The molecule has 11 heteroatoms. The molecule has 1 saturated heterocycles. The van der Waals surface area contributed by atoms with Crippen molar-refractivity contribution in [2.45, 2.75) is 13.0 Å². The predicted molar refractivity (Wildman–Crippen MR) is 120 cm³/mol. The summed E-state index contributed by atoms with van der Waals surface area (Å²) in [5.41, 5.74) is -0.345. The highest BCUT2D eigenvalue weighted by atomic mass is 35.5. The number of hydrogen-bond acceptors (Lipinski definition) is 6. The lowest BCUT2D eigenvalue weighted by molar-refractivity contribution is -0.384. The minimum absolute atomic E-state index is 0.0509. The van der Waals surface area contributed by atoms with Gasteiger partial charge in [0, 0.05) is 43.7 Å². The molecule has 2 aromatic carbocycles. The molecular weight excluding hydrogens is 438 g/mol. The molecule has 1 aromatic heterocycles. The lowest BCUT2D eigenvalue weighted by Crippen LogP contribution is -2.49. The van der Waals surface area contributed by atoms with Gasteiger partial charge in [0.25, 0.3) is 16.8 Å². The van der Waals surface area contributed by atoms with Gasteiger partial charge in [0.1, 0.15) is 5.69 Å². The number of carbonyl (C=O) groups excluding carboxylic acids is 1. The average molecular weight is 458 g/mol. The van der Waals surface area contributed by atoms with Crippen molar-refractivity contribution in [3.8, 4) is 0 Å². The molecule has 3 aromatic rings. The lowest BCUT2D eigenvalue weighted by Gasteiger charge is -2.35. The summed E-state index contributed by atoms with van der Waals surface area (Å²) in [5.74, 6) is -0.156. The number of aryl methyl sites for hydroxylation is 1. The van der Waals surface area contributed by atoms with Crippen LogP contribution in [0.5, 0.6) is 0 Å². The number of rotatable bonds is 5. The molecule has 0 unspecified atom stereocenters. The van der Waals surface area contributed by atoms with Crippen molar-refractivity contribution in [3.05, 3.63) is 78.3 Å². The first-order chi connectivity index (χ1) is 15.3. The van der Waals surface area contributed by atoms with Crippen molar-refractivity contribution >= 4 is 39.7 Å². The SMILES string of the molecule is O=C(CCn1[nH]c(=O)c2ccccc2c1=O)N1CCN(c2ccc(Cl)cc2[N+](=O)[O-])CC1. The number of fused-ring (bicyclic) bond motifs is 1. The van der Waals surface area contributed by atoms with E-state index in [1.165, 1.54) is 6.07 Å². The highest BCUT2D eigenvalue weighted by molar-refractivity contribution is 6.30. The van der Waals surface area contributed by atoms with Gasteiger partial charge in [-0.3, -0.25) is 29.6 Å². The Hall–Kier alpha value is -3.66. The molecule has 1 aliphatic rings. The van der Waals surface area contributed by atoms with Crippen LogP contribution >= 0.6 is 11.6 Å². The van der Waals surface area contributed by atoms with Crippen molar-refractivity contribution in [2.24, 2.45) is 0 Å². The normalized spacial score (nSPS) is 14.0. The second-order valence-corrected chi connectivity index (χ2v) is 7.89. The summed E-state index contributed by atoms with van der Waals surface area (Å²) >= 11 is 5.88. The third-order valence-electron chi connectivity index (χ3n) is 5.54. The maximum Gasteiger partial charge on any atom is 0.294 e. The molecule has 1 fully saturated rings. The first-order valence-corrected chi connectivity index (χ1v) is 10.4. The van der Waals surface area contributed by atoms with Gasteiger partial charge >= 0.3 is 0 Å². The first-order valence-electron chi connectivity index (χ1n) is 10.0. The second-order valence-electron chi connectivity index (χ2n) is 7.45. The van der Waals surface area contributed by atoms with E-state index in [9.17, 15) is 24.5 Å². The Balaban J connectivity index is 1.41. The standard InChI is InChI=1S/C21H20ClN5O5/c22-14-5-6-17(18(13-14)27(31)32)24-9-11-25(12-10-24)19(28)7-8-26-21(30)16-4-2-1-3-15(16)20(29)23-26/h1-6,13H,7-12H2,(H,23,29). The van der Waals surface area contributed by atoms with Crippen LogP contribution in [0.1, 0.15) is 6.42 Å². The van der Waals surface area contributed by atoms with E-state index in [-0.39, 0.29) is 40.7 Å². The van der Waals surface area contributed by atoms with Gasteiger partial charge in [-0.25, -0.2) is 4.68 Å². The molecule has 1 amide bonds. The minimum atomic E-state index is -0.471. The average Bonchev–Trinajstić information content (AvgIpc) is 2.80. The summed E-state index contributed by atoms with van der Waals surface area (Å²) in [5, 5.41) is 14.8. The molecule has 32 heavy (non-hydrogen) atoms. The molecule has 1 N–H and O–H groups in total. The summed E-state index contributed by atoms with van der Waals surface area (Å²) in [6, 6.07) is 11.1. The van der Waals surface area contributed by atoms with Crippen LogP contribution in [0.25, 0.3) is 10.8 Å². The van der Waals surface area contributed by atoms with E-state index in [4.69, 9.17) is 11.6 Å². The van der Waals surface area contributed by atoms with Crippen molar-refractivity contribution < 1.29 is 9.72 Å². The Morgan fingerprint density at radius 3 is 2.44 bits per heavy atom. The van der Waals surface area contributed by atoms with E-state index >= 15 is 0 Å². The summed E-state index contributed by atoms with van der Waals surface area (Å²) < 4.78 is 1.16. The van der Waals surface area contributed by atoms with Crippen LogP contribution < -0.4 is 16.0 Å². The van der Waals surface area contributed by atoms with Gasteiger partial charge in [0.2, 0.25) is 5.91 Å². The highest BCUT2D eigenvalue weighted by Gasteiger charge is 2.26. The Morgan fingerprint density at radius 1 is 1.06 bits per heavy atom. The van der Waals surface area contributed by atoms with E-state index in [2.05, 4.69) is 5.10 Å². The number of piperazine rings is 1. The van der Waals surface area contributed by atoms with Crippen LogP contribution in [0, 0.1) is 10.1 Å². The summed E-state index contributed by atoms with van der Waals surface area (Å²) in [4.78, 5) is 51.8. The molecule has 0 aliphatic carbocycles. The summed E-state index contributed by atoms with van der Waals surface area (Å²) in [7, 11) is 0. The zero-order valence-corrected chi connectivity index (χ0v) is 17.7. The maximum absolute atomic E-state index is 12.7. The van der Waals surface area contributed by atoms with Gasteiger partial charge < -0.3 is 9.80 Å². The predicted octanol–water partition coefficient (Wildman–Crippen LogP) is 1.99. The zero-order chi connectivity index (χ0) is 22.8. The fraction of sp³-hybridized carbons (Fsp3) is 0.286. The number of nitro benzene ring substituents is 1. The van der Waals surface area contributed by atoms with Crippen molar-refractivity contribution in [1.82, 2.24) is 14.7 Å². The molecule has 0 saturated carbocycles. The molecule has 2 heterocycles. The Bertz CT molecular complexity index is 1310. The number of benzene rings is 2. The van der Waals surface area contributed by atoms with Gasteiger partial charge in [-0.2, -0.15) is 0 Å². The maximum atomic E-state index is 12.7. The van der Waals surface area contributed by atoms with Crippen molar-refractivity contribution in [2.75, 3.05) is 31.1 Å². The third kappa shape index (κ3) is 4.22. The minimum Gasteiger partial charge on any atom is -0.362 e. The van der Waals surface area contributed by atoms with Crippen LogP contribution in [0.15, 0.2) is 52.1 Å². The molecule has 1 aliphatic heterocycles. The molecule has 0 spiro atoms. The number of halogens is 1. The molecule has 10 nitrogen and oxygen atoms in total. The molecular formula is C21H20ClN5O5. The van der Waals surface area contributed by atoms with Crippen LogP contribution in [0.3, 0.4) is 0 Å². The van der Waals surface area contributed by atoms with Gasteiger partial charge in [-0.05, 0) is 24.3 Å². The van der Waals surface area contributed by atoms with Gasteiger partial charge in [-0.1, -0.05) is 23.7 Å². The van der Waals surface area contributed by atoms with Gasteiger partial charge in [-0.15, -0.1) is 0 Å². The number of hydrogen-bond donors (Lipinski definition) is 1. The third-order valence-corrected chi connectivity index (χ3v) is 5.78. The van der Waals surface area contributed by atoms with E-state index < -0.39 is 4.92 Å². The number of aromatic nitrogens is 2. The van der Waals surface area contributed by atoms with Crippen LogP contribution in [-0.2, 0) is 11.3 Å².